The lowest BCUT2D eigenvalue weighted by molar-refractivity contribution is -0.116. The number of furan rings is 1. The summed E-state index contributed by atoms with van der Waals surface area (Å²) in [5, 5.41) is 2.83. The van der Waals surface area contributed by atoms with Gasteiger partial charge in [0.15, 0.2) is 5.76 Å². The molecule has 0 aliphatic carbocycles. The average molecular weight is 393 g/mol. The van der Waals surface area contributed by atoms with Crippen LogP contribution in [0.4, 0.5) is 5.69 Å². The molecule has 1 aliphatic rings. The van der Waals surface area contributed by atoms with E-state index < -0.39 is 0 Å². The molecule has 3 aromatic rings. The first-order valence-corrected chi connectivity index (χ1v) is 9.98. The van der Waals surface area contributed by atoms with Crippen LogP contribution in [0, 0.1) is 0 Å². The normalized spacial score (nSPS) is 13.3. The summed E-state index contributed by atoms with van der Waals surface area (Å²) < 4.78 is 5.69. The summed E-state index contributed by atoms with van der Waals surface area (Å²) in [5.41, 5.74) is 1.80. The molecule has 2 amide bonds. The molecule has 0 saturated carbocycles. The number of benzene rings is 1. The highest BCUT2D eigenvalue weighted by Gasteiger charge is 2.25. The van der Waals surface area contributed by atoms with E-state index in [9.17, 15) is 9.59 Å². The van der Waals surface area contributed by atoms with E-state index in [1.807, 2.05) is 42.5 Å². The zero-order chi connectivity index (χ0) is 19.3. The lowest BCUT2D eigenvalue weighted by Gasteiger charge is -2.28. The molecule has 0 saturated heterocycles. The minimum atomic E-state index is -0.275. The molecule has 0 spiro atoms. The average Bonchev–Trinajstić information content (AvgIpc) is 3.20. The smallest absolute Gasteiger partial charge is 0.287 e. The number of thioether (sulfide) groups is 1. The molecule has 1 aliphatic heterocycles. The Balaban J connectivity index is 1.38. The van der Waals surface area contributed by atoms with Crippen LogP contribution in [0.1, 0.15) is 22.0 Å². The first-order valence-electron chi connectivity index (χ1n) is 9.00. The number of carbonyl (C=O) groups is 2. The third kappa shape index (κ3) is 4.09. The minimum Gasteiger partial charge on any atom is -0.454 e. The van der Waals surface area contributed by atoms with Gasteiger partial charge in [0.2, 0.25) is 5.91 Å². The monoisotopic (exact) mass is 393 g/mol. The Morgan fingerprint density at radius 1 is 1.14 bits per heavy atom. The molecule has 0 atom stereocenters. The molecule has 6 nitrogen and oxygen atoms in total. The predicted octanol–water partition coefficient (Wildman–Crippen LogP) is 3.29. The van der Waals surface area contributed by atoms with Crippen LogP contribution >= 0.6 is 11.8 Å². The quantitative estimate of drug-likeness (QED) is 0.696. The molecular formula is C21H19N3O3S. The molecule has 0 unspecified atom stereocenters. The van der Waals surface area contributed by atoms with Gasteiger partial charge in [0.1, 0.15) is 5.76 Å². The number of hydrogen-bond acceptors (Lipinski definition) is 5. The number of anilines is 1. The SMILES string of the molecule is O=C(NCCc1ccccn1)c1ccc(CN2C(=O)CSc3ccccc32)o1. The molecule has 0 radical (unpaired) electrons. The van der Waals surface area contributed by atoms with Gasteiger partial charge in [-0.05, 0) is 36.4 Å². The van der Waals surface area contributed by atoms with Gasteiger partial charge in [-0.15, -0.1) is 11.8 Å². The van der Waals surface area contributed by atoms with Crippen molar-refractivity contribution < 1.29 is 14.0 Å². The summed E-state index contributed by atoms with van der Waals surface area (Å²) in [4.78, 5) is 31.7. The lowest BCUT2D eigenvalue weighted by Crippen LogP contribution is -2.34. The molecule has 1 aromatic carbocycles. The first-order chi connectivity index (χ1) is 13.7. The topological polar surface area (TPSA) is 75.4 Å². The molecule has 2 aromatic heterocycles. The third-order valence-electron chi connectivity index (χ3n) is 4.40. The van der Waals surface area contributed by atoms with Crippen LogP contribution in [0.3, 0.4) is 0 Å². The van der Waals surface area contributed by atoms with Crippen LogP contribution in [0.25, 0.3) is 0 Å². The second-order valence-electron chi connectivity index (χ2n) is 6.33. The standard InChI is InChI=1S/C21H19N3O3S/c25-20-14-28-19-7-2-1-6-17(19)24(20)13-16-8-9-18(27-16)21(26)23-12-10-15-5-3-4-11-22-15/h1-9,11H,10,12-14H2,(H,23,26). The fraction of sp³-hybridized carbons (Fsp3) is 0.190. The van der Waals surface area contributed by atoms with E-state index in [1.165, 1.54) is 11.8 Å². The second-order valence-corrected chi connectivity index (χ2v) is 7.35. The zero-order valence-electron chi connectivity index (χ0n) is 15.1. The van der Waals surface area contributed by atoms with Gasteiger partial charge in [-0.2, -0.15) is 0 Å². The van der Waals surface area contributed by atoms with Crippen LogP contribution in [-0.4, -0.2) is 29.1 Å². The Labute approximate surface area is 166 Å². The Kier molecular flexibility index (Phi) is 5.43. The molecule has 7 heteroatoms. The van der Waals surface area contributed by atoms with E-state index in [-0.39, 0.29) is 17.6 Å². The lowest BCUT2D eigenvalue weighted by atomic mass is 10.2. The number of pyridine rings is 1. The van der Waals surface area contributed by atoms with Crippen LogP contribution < -0.4 is 10.2 Å². The van der Waals surface area contributed by atoms with Crippen LogP contribution in [0.2, 0.25) is 0 Å². The number of amides is 2. The van der Waals surface area contributed by atoms with Crippen LogP contribution in [0.15, 0.2) is 70.1 Å². The Hall–Kier alpha value is -3.06. The summed E-state index contributed by atoms with van der Waals surface area (Å²) >= 11 is 1.54. The van der Waals surface area contributed by atoms with Crippen molar-refractivity contribution >= 4 is 29.3 Å². The van der Waals surface area contributed by atoms with E-state index in [4.69, 9.17) is 4.42 Å². The van der Waals surface area contributed by atoms with Crippen molar-refractivity contribution in [2.75, 3.05) is 17.2 Å². The molecular weight excluding hydrogens is 374 g/mol. The number of nitrogens with zero attached hydrogens (tertiary/aromatic N) is 2. The highest BCUT2D eigenvalue weighted by Crippen LogP contribution is 2.35. The fourth-order valence-electron chi connectivity index (χ4n) is 3.01. The Bertz CT molecular complexity index is 987. The number of rotatable bonds is 6. The predicted molar refractivity (Wildman–Crippen MR) is 107 cm³/mol. The molecule has 28 heavy (non-hydrogen) atoms. The molecule has 142 valence electrons. The highest BCUT2D eigenvalue weighted by molar-refractivity contribution is 8.00. The Morgan fingerprint density at radius 3 is 2.86 bits per heavy atom. The number of fused-ring (bicyclic) bond motifs is 1. The largest absolute Gasteiger partial charge is 0.454 e. The van der Waals surface area contributed by atoms with Gasteiger partial charge in [-0.3, -0.25) is 14.6 Å². The van der Waals surface area contributed by atoms with Crippen LogP contribution in [-0.2, 0) is 17.8 Å². The molecule has 0 fully saturated rings. The molecule has 0 bridgehead atoms. The van der Waals surface area contributed by atoms with E-state index in [0.717, 1.165) is 16.3 Å². The number of nitrogens with one attached hydrogen (secondary N) is 1. The third-order valence-corrected chi connectivity index (χ3v) is 5.45. The van der Waals surface area contributed by atoms with E-state index in [1.54, 1.807) is 23.2 Å². The van der Waals surface area contributed by atoms with Crippen molar-refractivity contribution in [2.45, 2.75) is 17.9 Å². The summed E-state index contributed by atoms with van der Waals surface area (Å²) in [6.45, 7) is 0.776. The molecule has 3 heterocycles. The van der Waals surface area contributed by atoms with Gasteiger partial charge < -0.3 is 14.6 Å². The van der Waals surface area contributed by atoms with Crippen molar-refractivity contribution in [2.24, 2.45) is 0 Å². The van der Waals surface area contributed by atoms with E-state index in [2.05, 4.69) is 10.3 Å². The highest BCUT2D eigenvalue weighted by atomic mass is 32.2. The first kappa shape index (κ1) is 18.3. The fourth-order valence-corrected chi connectivity index (χ4v) is 3.94. The Morgan fingerprint density at radius 2 is 2.00 bits per heavy atom. The second kappa shape index (κ2) is 8.31. The number of para-hydroxylation sites is 1. The van der Waals surface area contributed by atoms with Gasteiger partial charge in [0.05, 0.1) is 18.0 Å². The number of aromatic nitrogens is 1. The summed E-state index contributed by atoms with van der Waals surface area (Å²) in [6.07, 6.45) is 2.38. The maximum Gasteiger partial charge on any atom is 0.287 e. The van der Waals surface area contributed by atoms with E-state index in [0.29, 0.717) is 31.0 Å². The van der Waals surface area contributed by atoms with Crippen LogP contribution in [0.5, 0.6) is 0 Å². The summed E-state index contributed by atoms with van der Waals surface area (Å²) in [6, 6.07) is 16.9. The maximum atomic E-state index is 12.4. The van der Waals surface area contributed by atoms with Gasteiger partial charge in [0.25, 0.3) is 5.91 Å². The van der Waals surface area contributed by atoms with Gasteiger partial charge >= 0.3 is 0 Å². The molecule has 1 N–H and O–H groups in total. The van der Waals surface area contributed by atoms with Crippen molar-refractivity contribution in [3.63, 3.8) is 0 Å². The minimum absolute atomic E-state index is 0.0291. The van der Waals surface area contributed by atoms with Crippen molar-refractivity contribution in [1.82, 2.24) is 10.3 Å². The summed E-state index contributed by atoms with van der Waals surface area (Å²) in [5.74, 6) is 0.969. The molecule has 4 rings (SSSR count). The van der Waals surface area contributed by atoms with Crippen molar-refractivity contribution in [3.8, 4) is 0 Å². The maximum absolute atomic E-state index is 12.4. The zero-order valence-corrected chi connectivity index (χ0v) is 15.9. The number of carbonyl (C=O) groups excluding carboxylic acids is 2. The van der Waals surface area contributed by atoms with Crippen molar-refractivity contribution in [1.29, 1.82) is 0 Å². The van der Waals surface area contributed by atoms with Gasteiger partial charge in [0, 0.05) is 29.8 Å². The van der Waals surface area contributed by atoms with Crippen molar-refractivity contribution in [3.05, 3.63) is 78.0 Å². The van der Waals surface area contributed by atoms with Gasteiger partial charge in [-0.25, -0.2) is 0 Å². The number of hydrogen-bond donors (Lipinski definition) is 1. The van der Waals surface area contributed by atoms with E-state index >= 15 is 0 Å². The van der Waals surface area contributed by atoms with Gasteiger partial charge in [-0.1, -0.05) is 18.2 Å². The summed E-state index contributed by atoms with van der Waals surface area (Å²) in [7, 11) is 0.